The highest BCUT2D eigenvalue weighted by molar-refractivity contribution is 6.06. The molecule has 0 atom stereocenters. The molecule has 1 amide bonds. The normalized spacial score (nSPS) is 14.2. The second kappa shape index (κ2) is 7.58. The summed E-state index contributed by atoms with van der Waals surface area (Å²) in [6, 6.07) is 11.1. The fraction of sp³-hybridized carbons (Fsp3) is 0.348. The van der Waals surface area contributed by atoms with Crippen LogP contribution in [0.3, 0.4) is 0 Å². The van der Waals surface area contributed by atoms with E-state index in [1.165, 1.54) is 6.42 Å². The van der Waals surface area contributed by atoms with Crippen molar-refractivity contribution in [3.05, 3.63) is 69.3 Å². The molecule has 5 heteroatoms. The van der Waals surface area contributed by atoms with Gasteiger partial charge in [0.25, 0.3) is 11.5 Å². The lowest BCUT2D eigenvalue weighted by atomic mass is 10.1. The Balaban J connectivity index is 1.69. The summed E-state index contributed by atoms with van der Waals surface area (Å²) in [5, 5.41) is 3.54. The highest BCUT2D eigenvalue weighted by atomic mass is 16.1. The van der Waals surface area contributed by atoms with E-state index in [1.54, 1.807) is 18.2 Å². The summed E-state index contributed by atoms with van der Waals surface area (Å²) < 4.78 is 1.82. The molecule has 2 aromatic carbocycles. The van der Waals surface area contributed by atoms with E-state index in [0.717, 1.165) is 54.9 Å². The quantitative estimate of drug-likeness (QED) is 0.723. The zero-order valence-corrected chi connectivity index (χ0v) is 16.4. The number of rotatable bonds is 2. The number of aromatic nitrogens is 2. The minimum Gasteiger partial charge on any atom is -0.322 e. The molecule has 0 fully saturated rings. The molecule has 0 saturated heterocycles. The SMILES string of the molecule is Cc1ccc(NC(=O)c2ccc3c(=O)n4c(nc3c2)CCCCCC4)c(C)c1. The third-order valence-electron chi connectivity index (χ3n) is 5.46. The number of hydrogen-bond donors (Lipinski definition) is 1. The van der Waals surface area contributed by atoms with Crippen LogP contribution in [0.5, 0.6) is 0 Å². The van der Waals surface area contributed by atoms with Crippen molar-refractivity contribution in [3.8, 4) is 0 Å². The van der Waals surface area contributed by atoms with Gasteiger partial charge in [0.15, 0.2) is 0 Å². The summed E-state index contributed by atoms with van der Waals surface area (Å²) in [5.41, 5.74) is 4.08. The number of amides is 1. The maximum Gasteiger partial charge on any atom is 0.261 e. The molecule has 4 rings (SSSR count). The standard InChI is InChI=1S/C23H25N3O2/c1-15-8-11-19(16(2)13-15)25-22(27)17-9-10-18-20(14-17)24-21-7-5-3-4-6-12-26(21)23(18)28/h8-11,13-14H,3-7,12H2,1-2H3,(H,25,27). The first-order valence-corrected chi connectivity index (χ1v) is 9.95. The molecule has 1 aliphatic rings. The summed E-state index contributed by atoms with van der Waals surface area (Å²) in [6.45, 7) is 4.73. The van der Waals surface area contributed by atoms with Crippen molar-refractivity contribution in [3.63, 3.8) is 0 Å². The van der Waals surface area contributed by atoms with Gasteiger partial charge in [-0.3, -0.25) is 14.2 Å². The fourth-order valence-corrected chi connectivity index (χ4v) is 3.88. The Hall–Kier alpha value is -2.95. The average molecular weight is 375 g/mol. The Labute approximate surface area is 164 Å². The van der Waals surface area contributed by atoms with E-state index >= 15 is 0 Å². The van der Waals surface area contributed by atoms with Crippen LogP contribution in [0.2, 0.25) is 0 Å². The van der Waals surface area contributed by atoms with Crippen LogP contribution in [0.4, 0.5) is 5.69 Å². The first-order chi connectivity index (χ1) is 13.5. The first kappa shape index (κ1) is 18.4. The zero-order chi connectivity index (χ0) is 19.7. The van der Waals surface area contributed by atoms with Crippen LogP contribution in [0.15, 0.2) is 41.2 Å². The molecule has 1 aliphatic heterocycles. The van der Waals surface area contributed by atoms with Gasteiger partial charge in [-0.25, -0.2) is 4.98 Å². The average Bonchev–Trinajstić information content (AvgIpc) is 2.65. The Morgan fingerprint density at radius 3 is 2.68 bits per heavy atom. The minimum absolute atomic E-state index is 0.00300. The predicted molar refractivity (Wildman–Crippen MR) is 112 cm³/mol. The number of anilines is 1. The van der Waals surface area contributed by atoms with E-state index in [9.17, 15) is 9.59 Å². The Bertz CT molecular complexity index is 1110. The summed E-state index contributed by atoms with van der Waals surface area (Å²) >= 11 is 0. The zero-order valence-electron chi connectivity index (χ0n) is 16.4. The van der Waals surface area contributed by atoms with Crippen LogP contribution >= 0.6 is 0 Å². The van der Waals surface area contributed by atoms with E-state index in [-0.39, 0.29) is 11.5 Å². The van der Waals surface area contributed by atoms with Gasteiger partial charge in [-0.1, -0.05) is 30.5 Å². The molecule has 0 radical (unpaired) electrons. The molecular weight excluding hydrogens is 350 g/mol. The second-order valence-electron chi connectivity index (χ2n) is 7.65. The van der Waals surface area contributed by atoms with E-state index < -0.39 is 0 Å². The third kappa shape index (κ3) is 3.57. The van der Waals surface area contributed by atoms with E-state index in [0.29, 0.717) is 16.5 Å². The molecule has 0 saturated carbocycles. The topological polar surface area (TPSA) is 64.0 Å². The maximum absolute atomic E-state index is 12.9. The van der Waals surface area contributed by atoms with Crippen molar-refractivity contribution in [2.45, 2.75) is 52.5 Å². The van der Waals surface area contributed by atoms with Crippen molar-refractivity contribution in [1.82, 2.24) is 9.55 Å². The van der Waals surface area contributed by atoms with E-state index in [4.69, 9.17) is 4.98 Å². The number of nitrogens with zero attached hydrogens (tertiary/aromatic N) is 2. The summed E-state index contributed by atoms with van der Waals surface area (Å²) in [6.07, 6.45) is 5.19. The molecule has 28 heavy (non-hydrogen) atoms. The maximum atomic E-state index is 12.9. The lowest BCUT2D eigenvalue weighted by Gasteiger charge is -2.16. The van der Waals surface area contributed by atoms with Crippen LogP contribution in [0, 0.1) is 13.8 Å². The molecular formula is C23H25N3O2. The Morgan fingerprint density at radius 2 is 1.86 bits per heavy atom. The third-order valence-corrected chi connectivity index (χ3v) is 5.46. The minimum atomic E-state index is -0.192. The molecule has 0 bridgehead atoms. The highest BCUT2D eigenvalue weighted by Gasteiger charge is 2.15. The number of hydrogen-bond acceptors (Lipinski definition) is 3. The lowest BCUT2D eigenvalue weighted by molar-refractivity contribution is 0.102. The van der Waals surface area contributed by atoms with Crippen LogP contribution < -0.4 is 10.9 Å². The van der Waals surface area contributed by atoms with E-state index in [1.807, 2.05) is 36.6 Å². The van der Waals surface area contributed by atoms with E-state index in [2.05, 4.69) is 5.32 Å². The van der Waals surface area contributed by atoms with Crippen molar-refractivity contribution in [2.75, 3.05) is 5.32 Å². The molecule has 1 aromatic heterocycles. The monoisotopic (exact) mass is 375 g/mol. The number of nitrogens with one attached hydrogen (secondary N) is 1. The Kier molecular flexibility index (Phi) is 4.99. The summed E-state index contributed by atoms with van der Waals surface area (Å²) in [7, 11) is 0. The number of carbonyl (C=O) groups excluding carboxylic acids is 1. The predicted octanol–water partition coefficient (Wildman–Crippen LogP) is 4.38. The van der Waals surface area contributed by atoms with Gasteiger partial charge in [0.2, 0.25) is 0 Å². The van der Waals surface area contributed by atoms with Crippen LogP contribution in [-0.2, 0) is 13.0 Å². The van der Waals surface area contributed by atoms with Crippen LogP contribution in [0.1, 0.15) is 53.0 Å². The van der Waals surface area contributed by atoms with Crippen molar-refractivity contribution in [2.24, 2.45) is 0 Å². The molecule has 2 heterocycles. The second-order valence-corrected chi connectivity index (χ2v) is 7.65. The molecule has 0 unspecified atom stereocenters. The van der Waals surface area contributed by atoms with Crippen molar-refractivity contribution >= 4 is 22.5 Å². The molecule has 0 aliphatic carbocycles. The molecule has 1 N–H and O–H groups in total. The van der Waals surface area contributed by atoms with Gasteiger partial charge in [-0.2, -0.15) is 0 Å². The van der Waals surface area contributed by atoms with Gasteiger partial charge in [0, 0.05) is 24.2 Å². The molecule has 5 nitrogen and oxygen atoms in total. The van der Waals surface area contributed by atoms with Gasteiger partial charge < -0.3 is 5.32 Å². The van der Waals surface area contributed by atoms with Gasteiger partial charge in [0.1, 0.15) is 5.82 Å². The first-order valence-electron chi connectivity index (χ1n) is 9.95. The number of aryl methyl sites for hydroxylation is 3. The Morgan fingerprint density at radius 1 is 1.04 bits per heavy atom. The summed E-state index contributed by atoms with van der Waals surface area (Å²) in [5.74, 6) is 0.645. The number of fused-ring (bicyclic) bond motifs is 2. The highest BCUT2D eigenvalue weighted by Crippen LogP contribution is 2.19. The van der Waals surface area contributed by atoms with Crippen LogP contribution in [0.25, 0.3) is 10.9 Å². The molecule has 0 spiro atoms. The summed E-state index contributed by atoms with van der Waals surface area (Å²) in [4.78, 5) is 30.4. The van der Waals surface area contributed by atoms with Gasteiger partial charge in [-0.05, 0) is 56.5 Å². The lowest BCUT2D eigenvalue weighted by Crippen LogP contribution is -2.26. The van der Waals surface area contributed by atoms with Crippen molar-refractivity contribution in [1.29, 1.82) is 0 Å². The van der Waals surface area contributed by atoms with Gasteiger partial charge in [-0.15, -0.1) is 0 Å². The molecule has 3 aromatic rings. The smallest absolute Gasteiger partial charge is 0.261 e. The van der Waals surface area contributed by atoms with Crippen molar-refractivity contribution < 1.29 is 4.79 Å². The van der Waals surface area contributed by atoms with Gasteiger partial charge >= 0.3 is 0 Å². The van der Waals surface area contributed by atoms with Crippen LogP contribution in [-0.4, -0.2) is 15.5 Å². The largest absolute Gasteiger partial charge is 0.322 e. The van der Waals surface area contributed by atoms with Gasteiger partial charge in [0.05, 0.1) is 10.9 Å². The fourth-order valence-electron chi connectivity index (χ4n) is 3.88. The molecule has 144 valence electrons. The number of carbonyl (C=O) groups is 1. The number of benzene rings is 2.